The maximum Gasteiger partial charge on any atom is 0.179 e. The molecule has 0 fully saturated rings. The average Bonchev–Trinajstić information content (AvgIpc) is 2.59. The van der Waals surface area contributed by atoms with Crippen LogP contribution < -0.4 is 0 Å². The van der Waals surface area contributed by atoms with Crippen LogP contribution in [0, 0.1) is 5.82 Å². The first kappa shape index (κ1) is 10.1. The lowest BCUT2D eigenvalue weighted by atomic mass is 10.2. The zero-order chi connectivity index (χ0) is 11.0. The van der Waals surface area contributed by atoms with Gasteiger partial charge in [0.1, 0.15) is 5.82 Å². The van der Waals surface area contributed by atoms with Gasteiger partial charge in [0.2, 0.25) is 0 Å². The summed E-state index contributed by atoms with van der Waals surface area (Å²) >= 11 is 5.24. The van der Waals surface area contributed by atoms with E-state index < -0.39 is 0 Å². The first-order valence-electron chi connectivity index (χ1n) is 4.58. The number of fused-ring (bicyclic) bond motifs is 1. The van der Waals surface area contributed by atoms with Gasteiger partial charge in [0.25, 0.3) is 0 Å². The van der Waals surface area contributed by atoms with Crippen molar-refractivity contribution < 1.29 is 4.39 Å². The molecule has 0 bridgehead atoms. The van der Waals surface area contributed by atoms with Crippen LogP contribution in [0.5, 0.6) is 0 Å². The van der Waals surface area contributed by atoms with Crippen LogP contribution >= 0.6 is 12.2 Å². The summed E-state index contributed by atoms with van der Waals surface area (Å²) in [6.45, 7) is 0. The lowest BCUT2D eigenvalue weighted by molar-refractivity contribution is 0.612. The molecule has 0 spiro atoms. The van der Waals surface area contributed by atoms with Crippen molar-refractivity contribution in [2.24, 2.45) is 0 Å². The monoisotopic (exact) mass is 222 g/mol. The molecule has 0 amide bonds. The minimum Gasteiger partial charge on any atom is -0.355 e. The van der Waals surface area contributed by atoms with Crippen LogP contribution in [0.3, 0.4) is 0 Å². The second-order valence-electron chi connectivity index (χ2n) is 3.57. The van der Waals surface area contributed by atoms with E-state index in [1.54, 1.807) is 10.6 Å². The summed E-state index contributed by atoms with van der Waals surface area (Å²) < 4.78 is 14.9. The molecule has 0 aliphatic heterocycles. The van der Waals surface area contributed by atoms with Gasteiger partial charge in [-0.2, -0.15) is 0 Å². The Hall–Kier alpha value is -1.42. The molecule has 2 aromatic rings. The molecule has 78 valence electrons. The van der Waals surface area contributed by atoms with Crippen molar-refractivity contribution in [1.29, 1.82) is 0 Å². The second-order valence-corrected chi connectivity index (χ2v) is 3.93. The van der Waals surface area contributed by atoms with Gasteiger partial charge < -0.3 is 4.90 Å². The predicted molar refractivity (Wildman–Crippen MR) is 63.6 cm³/mol. The Morgan fingerprint density at radius 1 is 1.33 bits per heavy atom. The fraction of sp³-hybridized carbons (Fsp3) is 0.182. The topological polar surface area (TPSA) is 8.17 Å². The van der Waals surface area contributed by atoms with Crippen LogP contribution in [0.1, 0.15) is 0 Å². The van der Waals surface area contributed by atoms with Crippen LogP contribution in [0.25, 0.3) is 10.9 Å². The number of aromatic nitrogens is 1. The standard InChI is InChI=1S/C11H11FN2S/c1-13(2)11(15)14-6-5-8-3-4-9(12)7-10(8)14/h3-7H,1-2H3. The number of rotatable bonds is 0. The molecule has 1 heterocycles. The zero-order valence-electron chi connectivity index (χ0n) is 8.57. The Morgan fingerprint density at radius 3 is 2.73 bits per heavy atom. The number of benzene rings is 1. The second kappa shape index (κ2) is 3.62. The molecule has 0 aliphatic rings. The number of hydrogen-bond donors (Lipinski definition) is 0. The van der Waals surface area contributed by atoms with E-state index in [1.807, 2.05) is 31.3 Å². The third kappa shape index (κ3) is 1.72. The SMILES string of the molecule is CN(C)C(=S)n1ccc2ccc(F)cc21. The lowest BCUT2D eigenvalue weighted by Crippen LogP contribution is -2.26. The summed E-state index contributed by atoms with van der Waals surface area (Å²) in [6.07, 6.45) is 1.85. The van der Waals surface area contributed by atoms with E-state index in [0.29, 0.717) is 5.11 Å². The van der Waals surface area contributed by atoms with Gasteiger partial charge in [-0.05, 0) is 36.5 Å². The molecular weight excluding hydrogens is 211 g/mol. The Labute approximate surface area is 92.9 Å². The maximum absolute atomic E-state index is 13.1. The van der Waals surface area contributed by atoms with E-state index in [9.17, 15) is 4.39 Å². The molecule has 1 aromatic carbocycles. The van der Waals surface area contributed by atoms with Crippen LogP contribution in [-0.2, 0) is 0 Å². The molecule has 2 nitrogen and oxygen atoms in total. The highest BCUT2D eigenvalue weighted by Crippen LogP contribution is 2.17. The summed E-state index contributed by atoms with van der Waals surface area (Å²) in [4.78, 5) is 1.82. The van der Waals surface area contributed by atoms with Crippen molar-refractivity contribution in [3.63, 3.8) is 0 Å². The Balaban J connectivity index is 2.62. The van der Waals surface area contributed by atoms with Crippen molar-refractivity contribution in [2.45, 2.75) is 0 Å². The van der Waals surface area contributed by atoms with Gasteiger partial charge in [0.05, 0.1) is 5.52 Å². The predicted octanol–water partition coefficient (Wildman–Crippen LogP) is 2.48. The largest absolute Gasteiger partial charge is 0.355 e. The number of hydrogen-bond acceptors (Lipinski definition) is 1. The third-order valence-electron chi connectivity index (χ3n) is 2.24. The molecule has 0 N–H and O–H groups in total. The molecule has 4 heteroatoms. The van der Waals surface area contributed by atoms with Crippen molar-refractivity contribution in [2.75, 3.05) is 14.1 Å². The number of nitrogens with zero attached hydrogens (tertiary/aromatic N) is 2. The summed E-state index contributed by atoms with van der Waals surface area (Å²) in [5.74, 6) is -0.246. The molecule has 2 rings (SSSR count). The molecule has 0 aliphatic carbocycles. The fourth-order valence-corrected chi connectivity index (χ4v) is 1.64. The van der Waals surface area contributed by atoms with E-state index in [1.165, 1.54) is 12.1 Å². The Kier molecular flexibility index (Phi) is 2.44. The minimum atomic E-state index is -0.246. The smallest absolute Gasteiger partial charge is 0.179 e. The van der Waals surface area contributed by atoms with Crippen molar-refractivity contribution in [3.8, 4) is 0 Å². The van der Waals surface area contributed by atoms with E-state index in [-0.39, 0.29) is 5.82 Å². The average molecular weight is 222 g/mol. The van der Waals surface area contributed by atoms with Gasteiger partial charge in [-0.15, -0.1) is 0 Å². The summed E-state index contributed by atoms with van der Waals surface area (Å²) in [5, 5.41) is 1.64. The van der Waals surface area contributed by atoms with Gasteiger partial charge in [0, 0.05) is 25.7 Å². The van der Waals surface area contributed by atoms with Crippen LogP contribution in [0.15, 0.2) is 30.5 Å². The summed E-state index contributed by atoms with van der Waals surface area (Å²) in [7, 11) is 3.74. The number of halogens is 1. The van der Waals surface area contributed by atoms with Crippen LogP contribution in [0.2, 0.25) is 0 Å². The quantitative estimate of drug-likeness (QED) is 0.633. The van der Waals surface area contributed by atoms with E-state index >= 15 is 0 Å². The minimum absolute atomic E-state index is 0.246. The molecule has 0 saturated carbocycles. The van der Waals surface area contributed by atoms with Gasteiger partial charge >= 0.3 is 0 Å². The molecule has 0 radical (unpaired) electrons. The highest BCUT2D eigenvalue weighted by Gasteiger charge is 2.07. The molecule has 15 heavy (non-hydrogen) atoms. The molecular formula is C11H11FN2S. The Morgan fingerprint density at radius 2 is 2.07 bits per heavy atom. The first-order chi connectivity index (χ1) is 7.09. The van der Waals surface area contributed by atoms with Crippen molar-refractivity contribution in [1.82, 2.24) is 9.47 Å². The third-order valence-corrected chi connectivity index (χ3v) is 2.81. The molecule has 0 atom stereocenters. The highest BCUT2D eigenvalue weighted by atomic mass is 32.1. The zero-order valence-corrected chi connectivity index (χ0v) is 9.38. The van der Waals surface area contributed by atoms with Crippen molar-refractivity contribution in [3.05, 3.63) is 36.3 Å². The van der Waals surface area contributed by atoms with E-state index in [4.69, 9.17) is 12.2 Å². The van der Waals surface area contributed by atoms with Gasteiger partial charge in [-0.25, -0.2) is 4.39 Å². The van der Waals surface area contributed by atoms with Gasteiger partial charge in [-0.3, -0.25) is 4.57 Å². The van der Waals surface area contributed by atoms with Crippen LogP contribution in [-0.4, -0.2) is 28.7 Å². The van der Waals surface area contributed by atoms with E-state index in [0.717, 1.165) is 10.9 Å². The fourth-order valence-electron chi connectivity index (χ4n) is 1.48. The lowest BCUT2D eigenvalue weighted by Gasteiger charge is -2.15. The first-order valence-corrected chi connectivity index (χ1v) is 4.98. The number of thiocarbonyl (C=S) groups is 1. The van der Waals surface area contributed by atoms with Crippen LogP contribution in [0.4, 0.5) is 4.39 Å². The Bertz CT molecular complexity index is 516. The maximum atomic E-state index is 13.1. The normalized spacial score (nSPS) is 10.6. The van der Waals surface area contributed by atoms with Gasteiger partial charge in [-0.1, -0.05) is 0 Å². The summed E-state index contributed by atoms with van der Waals surface area (Å²) in [6, 6.07) is 6.61. The summed E-state index contributed by atoms with van der Waals surface area (Å²) in [5.41, 5.74) is 0.800. The molecule has 0 saturated heterocycles. The van der Waals surface area contributed by atoms with Crippen molar-refractivity contribution >= 4 is 28.2 Å². The molecule has 0 unspecified atom stereocenters. The van der Waals surface area contributed by atoms with Gasteiger partial charge in [0.15, 0.2) is 5.11 Å². The molecule has 1 aromatic heterocycles. The van der Waals surface area contributed by atoms with E-state index in [2.05, 4.69) is 0 Å². The highest BCUT2D eigenvalue weighted by molar-refractivity contribution is 7.80.